The van der Waals surface area contributed by atoms with Gasteiger partial charge >= 0.3 is 12.1 Å². The summed E-state index contributed by atoms with van der Waals surface area (Å²) >= 11 is 0. The van der Waals surface area contributed by atoms with E-state index in [-0.39, 0.29) is 25.7 Å². The highest BCUT2D eigenvalue weighted by molar-refractivity contribution is 5.87. The summed E-state index contributed by atoms with van der Waals surface area (Å²) in [5.74, 6) is -2.13. The Morgan fingerprint density at radius 2 is 1.64 bits per heavy atom. The maximum absolute atomic E-state index is 12.4. The summed E-state index contributed by atoms with van der Waals surface area (Å²) in [4.78, 5) is 36.1. The lowest BCUT2D eigenvalue weighted by atomic mass is 9.98. The Hall–Kier alpha value is -3.39. The van der Waals surface area contributed by atoms with Gasteiger partial charge in [-0.3, -0.25) is 4.79 Å². The number of carboxylic acids is 1. The first-order valence-corrected chi connectivity index (χ1v) is 10.9. The zero-order valence-corrected chi connectivity index (χ0v) is 19.1. The van der Waals surface area contributed by atoms with Crippen LogP contribution < -0.4 is 10.6 Å². The molecule has 33 heavy (non-hydrogen) atoms. The van der Waals surface area contributed by atoms with Crippen molar-refractivity contribution >= 4 is 18.0 Å². The smallest absolute Gasteiger partial charge is 0.407 e. The van der Waals surface area contributed by atoms with E-state index < -0.39 is 29.4 Å². The van der Waals surface area contributed by atoms with E-state index in [0.717, 1.165) is 22.3 Å². The summed E-state index contributed by atoms with van der Waals surface area (Å²) < 4.78 is 10.4. The zero-order valence-electron chi connectivity index (χ0n) is 19.1. The van der Waals surface area contributed by atoms with Crippen molar-refractivity contribution in [1.29, 1.82) is 0 Å². The van der Waals surface area contributed by atoms with Gasteiger partial charge in [0.2, 0.25) is 5.91 Å². The standard InChI is InChI=1S/C25H30N2O6/c1-16(22(28)27-25(2,15-32-3)23(29)30)12-13-26-24(31)33-14-21-19-10-6-4-8-17(19)18-9-5-7-11-20(18)21/h4-11,16,21H,12-15H2,1-3H3,(H,26,31)(H,27,28)(H,29,30). The number of nitrogens with one attached hydrogen (secondary N) is 2. The highest BCUT2D eigenvalue weighted by atomic mass is 16.5. The van der Waals surface area contributed by atoms with Crippen molar-refractivity contribution in [3.05, 3.63) is 59.7 Å². The normalized spacial score (nSPS) is 15.0. The van der Waals surface area contributed by atoms with Gasteiger partial charge in [-0.2, -0.15) is 0 Å². The number of hydrogen-bond donors (Lipinski definition) is 3. The SMILES string of the molecule is COCC(C)(NC(=O)C(C)CCNC(=O)OCC1c2ccccc2-c2ccccc21)C(=O)O. The van der Waals surface area contributed by atoms with E-state index >= 15 is 0 Å². The average molecular weight is 455 g/mol. The molecule has 0 fully saturated rings. The van der Waals surface area contributed by atoms with Crippen LogP contribution >= 0.6 is 0 Å². The molecule has 2 atom stereocenters. The molecule has 1 aliphatic carbocycles. The lowest BCUT2D eigenvalue weighted by Gasteiger charge is -2.27. The number of fused-ring (bicyclic) bond motifs is 3. The molecule has 3 rings (SSSR count). The summed E-state index contributed by atoms with van der Waals surface area (Å²) in [5.41, 5.74) is 3.07. The minimum atomic E-state index is -1.51. The Morgan fingerprint density at radius 3 is 2.18 bits per heavy atom. The van der Waals surface area contributed by atoms with Crippen molar-refractivity contribution < 1.29 is 29.0 Å². The quantitative estimate of drug-likeness (QED) is 0.508. The second kappa shape index (κ2) is 10.5. The van der Waals surface area contributed by atoms with Crippen LogP contribution in [-0.2, 0) is 19.1 Å². The first kappa shape index (κ1) is 24.3. The molecule has 2 aromatic carbocycles. The van der Waals surface area contributed by atoms with E-state index in [1.54, 1.807) is 6.92 Å². The van der Waals surface area contributed by atoms with Crippen LogP contribution in [0.25, 0.3) is 11.1 Å². The summed E-state index contributed by atoms with van der Waals surface area (Å²) in [6, 6.07) is 16.2. The van der Waals surface area contributed by atoms with Crippen molar-refractivity contribution in [1.82, 2.24) is 10.6 Å². The fourth-order valence-corrected chi connectivity index (χ4v) is 4.01. The number of carboxylic acid groups (broad SMARTS) is 1. The molecule has 0 aromatic heterocycles. The first-order valence-electron chi connectivity index (χ1n) is 10.9. The van der Waals surface area contributed by atoms with Crippen LogP contribution in [0.5, 0.6) is 0 Å². The molecule has 1 aliphatic rings. The molecular formula is C25H30N2O6. The van der Waals surface area contributed by atoms with Gasteiger partial charge in [0.25, 0.3) is 0 Å². The highest BCUT2D eigenvalue weighted by Gasteiger charge is 2.36. The molecule has 8 nitrogen and oxygen atoms in total. The Balaban J connectivity index is 1.48. The molecule has 0 aliphatic heterocycles. The number of rotatable bonds is 10. The summed E-state index contributed by atoms with van der Waals surface area (Å²) in [7, 11) is 1.37. The number of ether oxygens (including phenoxy) is 2. The van der Waals surface area contributed by atoms with Crippen LogP contribution in [-0.4, -0.2) is 55.5 Å². The number of alkyl carbamates (subject to hydrolysis) is 1. The number of benzene rings is 2. The molecule has 2 aromatic rings. The molecule has 2 unspecified atom stereocenters. The minimum absolute atomic E-state index is 0.0256. The maximum Gasteiger partial charge on any atom is 0.407 e. The van der Waals surface area contributed by atoms with Gasteiger partial charge in [0.1, 0.15) is 6.61 Å². The van der Waals surface area contributed by atoms with Crippen LogP contribution in [0.3, 0.4) is 0 Å². The van der Waals surface area contributed by atoms with Gasteiger partial charge in [-0.05, 0) is 35.6 Å². The number of methoxy groups -OCH3 is 1. The van der Waals surface area contributed by atoms with Crippen molar-refractivity contribution in [3.63, 3.8) is 0 Å². The molecule has 0 bridgehead atoms. The maximum atomic E-state index is 12.4. The first-order chi connectivity index (χ1) is 15.8. The third kappa shape index (κ3) is 5.51. The number of carbonyl (C=O) groups is 3. The third-order valence-electron chi connectivity index (χ3n) is 5.94. The van der Waals surface area contributed by atoms with Crippen LogP contribution in [0.15, 0.2) is 48.5 Å². The molecule has 176 valence electrons. The number of amides is 2. The van der Waals surface area contributed by atoms with E-state index in [1.165, 1.54) is 14.0 Å². The summed E-state index contributed by atoms with van der Waals surface area (Å²) in [6.07, 6.45) is -0.224. The summed E-state index contributed by atoms with van der Waals surface area (Å²) in [6.45, 7) is 3.34. The van der Waals surface area contributed by atoms with Crippen molar-refractivity contribution in [2.24, 2.45) is 5.92 Å². The molecule has 3 N–H and O–H groups in total. The molecule has 0 saturated heterocycles. The molecule has 2 amide bonds. The molecule has 0 radical (unpaired) electrons. The second-order valence-corrected chi connectivity index (χ2v) is 8.50. The molecule has 0 heterocycles. The van der Waals surface area contributed by atoms with E-state index in [9.17, 15) is 19.5 Å². The number of carbonyl (C=O) groups excluding carboxylic acids is 2. The van der Waals surface area contributed by atoms with Gasteiger partial charge in [0.05, 0.1) is 6.61 Å². The minimum Gasteiger partial charge on any atom is -0.479 e. The Morgan fingerprint density at radius 1 is 1.06 bits per heavy atom. The van der Waals surface area contributed by atoms with Gasteiger partial charge in [0, 0.05) is 25.5 Å². The van der Waals surface area contributed by atoms with E-state index in [1.807, 2.05) is 24.3 Å². The molecular weight excluding hydrogens is 424 g/mol. The van der Waals surface area contributed by atoms with E-state index in [2.05, 4.69) is 34.9 Å². The van der Waals surface area contributed by atoms with E-state index in [4.69, 9.17) is 9.47 Å². The van der Waals surface area contributed by atoms with Crippen LogP contribution in [0, 0.1) is 5.92 Å². The van der Waals surface area contributed by atoms with Crippen molar-refractivity contribution in [2.75, 3.05) is 26.9 Å². The number of hydrogen-bond acceptors (Lipinski definition) is 5. The van der Waals surface area contributed by atoms with E-state index in [0.29, 0.717) is 6.42 Å². The Bertz CT molecular complexity index is 978. The second-order valence-electron chi connectivity index (χ2n) is 8.50. The lowest BCUT2D eigenvalue weighted by Crippen LogP contribution is -2.56. The summed E-state index contributed by atoms with van der Waals surface area (Å²) in [5, 5.41) is 14.5. The largest absolute Gasteiger partial charge is 0.479 e. The Labute approximate surface area is 193 Å². The van der Waals surface area contributed by atoms with Gasteiger partial charge in [-0.25, -0.2) is 9.59 Å². The highest BCUT2D eigenvalue weighted by Crippen LogP contribution is 2.44. The monoisotopic (exact) mass is 454 g/mol. The van der Waals surface area contributed by atoms with Crippen LogP contribution in [0.4, 0.5) is 4.79 Å². The predicted octanol–water partition coefficient (Wildman–Crippen LogP) is 3.16. The van der Waals surface area contributed by atoms with Gasteiger partial charge < -0.3 is 25.2 Å². The van der Waals surface area contributed by atoms with Crippen LogP contribution in [0.1, 0.15) is 37.3 Å². The lowest BCUT2D eigenvalue weighted by molar-refractivity contribution is -0.149. The fraction of sp³-hybridized carbons (Fsp3) is 0.400. The molecule has 0 spiro atoms. The third-order valence-corrected chi connectivity index (χ3v) is 5.94. The molecule has 0 saturated carbocycles. The number of aliphatic carboxylic acids is 1. The van der Waals surface area contributed by atoms with Crippen LogP contribution in [0.2, 0.25) is 0 Å². The van der Waals surface area contributed by atoms with Gasteiger partial charge in [0.15, 0.2) is 5.54 Å². The van der Waals surface area contributed by atoms with Crippen molar-refractivity contribution in [2.45, 2.75) is 31.7 Å². The van der Waals surface area contributed by atoms with Crippen molar-refractivity contribution in [3.8, 4) is 11.1 Å². The zero-order chi connectivity index (χ0) is 24.0. The Kier molecular flexibility index (Phi) is 7.71. The van der Waals surface area contributed by atoms with Gasteiger partial charge in [-0.15, -0.1) is 0 Å². The van der Waals surface area contributed by atoms with Gasteiger partial charge in [-0.1, -0.05) is 55.5 Å². The molecule has 8 heteroatoms. The topological polar surface area (TPSA) is 114 Å². The predicted molar refractivity (Wildman–Crippen MR) is 123 cm³/mol. The fourth-order valence-electron chi connectivity index (χ4n) is 4.01. The average Bonchev–Trinajstić information content (AvgIpc) is 3.11.